The van der Waals surface area contributed by atoms with Gasteiger partial charge in [0.05, 0.1) is 26.3 Å². The molecule has 0 atom stereocenters. The Balaban J connectivity index is 2.56. The predicted molar refractivity (Wildman–Crippen MR) is 110 cm³/mol. The first-order chi connectivity index (χ1) is 13.8. The Kier molecular flexibility index (Phi) is 11.3. The molecule has 0 saturated carbocycles. The van der Waals surface area contributed by atoms with E-state index in [9.17, 15) is 13.2 Å². The maximum Gasteiger partial charge on any atom is 0.401 e. The minimum atomic E-state index is -4.20. The van der Waals surface area contributed by atoms with Crippen LogP contribution in [0.5, 0.6) is 11.5 Å². The van der Waals surface area contributed by atoms with Crippen molar-refractivity contribution in [2.24, 2.45) is 4.99 Å². The van der Waals surface area contributed by atoms with Crippen molar-refractivity contribution in [2.75, 3.05) is 53.0 Å². The summed E-state index contributed by atoms with van der Waals surface area (Å²) in [5.74, 6) is 2.04. The van der Waals surface area contributed by atoms with E-state index >= 15 is 0 Å². The summed E-state index contributed by atoms with van der Waals surface area (Å²) in [6.07, 6.45) is -3.45. The Morgan fingerprint density at radius 3 is 2.38 bits per heavy atom. The van der Waals surface area contributed by atoms with E-state index in [1.807, 2.05) is 39.0 Å². The van der Waals surface area contributed by atoms with Crippen molar-refractivity contribution in [2.45, 2.75) is 33.4 Å². The Morgan fingerprint density at radius 2 is 1.76 bits per heavy atom. The number of rotatable bonds is 12. The van der Waals surface area contributed by atoms with Crippen LogP contribution in [0, 0.1) is 0 Å². The molecule has 2 N–H and O–H groups in total. The molecule has 0 fully saturated rings. The van der Waals surface area contributed by atoms with E-state index in [-0.39, 0.29) is 13.1 Å². The van der Waals surface area contributed by atoms with Crippen molar-refractivity contribution < 1.29 is 22.6 Å². The molecule has 0 heterocycles. The maximum absolute atomic E-state index is 12.4. The third-order valence-electron chi connectivity index (χ3n) is 3.86. The summed E-state index contributed by atoms with van der Waals surface area (Å²) < 4.78 is 48.3. The second-order valence-corrected chi connectivity index (χ2v) is 6.44. The SMILES string of the molecule is CCNC(=NCCN(C)CC(F)(F)F)NCCc1ccc(OCC)c(OCC)c1. The quantitative estimate of drug-likeness (QED) is 0.404. The van der Waals surface area contributed by atoms with Crippen LogP contribution in [0.3, 0.4) is 0 Å². The van der Waals surface area contributed by atoms with Crippen LogP contribution in [-0.2, 0) is 6.42 Å². The molecule has 0 aromatic heterocycles. The van der Waals surface area contributed by atoms with Gasteiger partial charge < -0.3 is 20.1 Å². The normalized spacial score (nSPS) is 12.2. The van der Waals surface area contributed by atoms with Gasteiger partial charge in [0.25, 0.3) is 0 Å². The standard InChI is InChI=1S/C20H33F3N4O2/c1-5-24-19(26-12-13-27(4)15-20(21,22)23)25-11-10-16-8-9-17(28-6-2)18(14-16)29-7-3/h8-9,14H,5-7,10-13,15H2,1-4H3,(H2,24,25,26). The molecule has 0 radical (unpaired) electrons. The van der Waals surface area contributed by atoms with Crippen molar-refractivity contribution in [1.29, 1.82) is 0 Å². The Bertz CT molecular complexity index is 624. The molecule has 0 spiro atoms. The Morgan fingerprint density at radius 1 is 1.07 bits per heavy atom. The van der Waals surface area contributed by atoms with Crippen molar-refractivity contribution in [3.8, 4) is 11.5 Å². The van der Waals surface area contributed by atoms with Gasteiger partial charge in [-0.1, -0.05) is 6.07 Å². The topological polar surface area (TPSA) is 58.1 Å². The van der Waals surface area contributed by atoms with Crippen molar-refractivity contribution >= 4 is 5.96 Å². The van der Waals surface area contributed by atoms with E-state index in [2.05, 4.69) is 15.6 Å². The van der Waals surface area contributed by atoms with Gasteiger partial charge in [-0.2, -0.15) is 13.2 Å². The van der Waals surface area contributed by atoms with Gasteiger partial charge in [-0.15, -0.1) is 0 Å². The molecule has 0 aliphatic carbocycles. The first-order valence-corrected chi connectivity index (χ1v) is 9.95. The lowest BCUT2D eigenvalue weighted by atomic mass is 10.1. The molecule has 1 aromatic rings. The minimum Gasteiger partial charge on any atom is -0.490 e. The fraction of sp³-hybridized carbons (Fsp3) is 0.650. The zero-order chi connectivity index (χ0) is 21.7. The molecule has 0 aliphatic rings. The zero-order valence-corrected chi connectivity index (χ0v) is 17.7. The highest BCUT2D eigenvalue weighted by Crippen LogP contribution is 2.28. The molecule has 29 heavy (non-hydrogen) atoms. The van der Waals surface area contributed by atoms with Crippen LogP contribution in [0.25, 0.3) is 0 Å². The first kappa shape index (κ1) is 24.9. The molecule has 1 rings (SSSR count). The monoisotopic (exact) mass is 418 g/mol. The molecule has 166 valence electrons. The number of benzene rings is 1. The summed E-state index contributed by atoms with van der Waals surface area (Å²) in [5, 5.41) is 6.31. The molecule has 0 aliphatic heterocycles. The van der Waals surface area contributed by atoms with Gasteiger partial charge in [0.1, 0.15) is 0 Å². The number of nitrogens with one attached hydrogen (secondary N) is 2. The van der Waals surface area contributed by atoms with Crippen molar-refractivity contribution in [1.82, 2.24) is 15.5 Å². The molecule has 0 bridgehead atoms. The van der Waals surface area contributed by atoms with Crippen LogP contribution in [0.1, 0.15) is 26.3 Å². The van der Waals surface area contributed by atoms with Gasteiger partial charge in [0.2, 0.25) is 0 Å². The van der Waals surface area contributed by atoms with E-state index in [0.29, 0.717) is 32.3 Å². The molecular formula is C20H33F3N4O2. The fourth-order valence-corrected chi connectivity index (χ4v) is 2.64. The molecule has 6 nitrogen and oxygen atoms in total. The van der Waals surface area contributed by atoms with Crippen LogP contribution in [-0.4, -0.2) is 70.0 Å². The summed E-state index contributed by atoms with van der Waals surface area (Å²) in [5.41, 5.74) is 1.09. The first-order valence-electron chi connectivity index (χ1n) is 9.95. The number of halogens is 3. The number of hydrogen-bond acceptors (Lipinski definition) is 4. The number of nitrogens with zero attached hydrogens (tertiary/aromatic N) is 2. The minimum absolute atomic E-state index is 0.229. The summed E-state index contributed by atoms with van der Waals surface area (Å²) in [7, 11) is 1.44. The van der Waals surface area contributed by atoms with Gasteiger partial charge in [-0.05, 0) is 51.9 Å². The van der Waals surface area contributed by atoms with Crippen molar-refractivity contribution in [3.63, 3.8) is 0 Å². The largest absolute Gasteiger partial charge is 0.490 e. The number of guanidine groups is 1. The number of hydrogen-bond donors (Lipinski definition) is 2. The predicted octanol–water partition coefficient (Wildman–Crippen LogP) is 3.08. The second kappa shape index (κ2) is 13.1. The number of likely N-dealkylation sites (N-methyl/N-ethyl adjacent to an activating group) is 1. The lowest BCUT2D eigenvalue weighted by molar-refractivity contribution is -0.142. The summed E-state index contributed by atoms with van der Waals surface area (Å²) in [6.45, 7) is 7.78. The zero-order valence-electron chi connectivity index (χ0n) is 17.7. The van der Waals surface area contributed by atoms with E-state index in [0.717, 1.165) is 23.5 Å². The van der Waals surface area contributed by atoms with E-state index in [1.165, 1.54) is 11.9 Å². The highest BCUT2D eigenvalue weighted by atomic mass is 19.4. The van der Waals surface area contributed by atoms with Crippen LogP contribution >= 0.6 is 0 Å². The Hall–Kier alpha value is -2.16. The lowest BCUT2D eigenvalue weighted by Gasteiger charge is -2.18. The lowest BCUT2D eigenvalue weighted by Crippen LogP contribution is -2.39. The summed E-state index contributed by atoms with van der Waals surface area (Å²) in [6, 6.07) is 5.86. The third-order valence-corrected chi connectivity index (χ3v) is 3.86. The van der Waals surface area contributed by atoms with Gasteiger partial charge in [0, 0.05) is 19.6 Å². The number of ether oxygens (including phenoxy) is 2. The van der Waals surface area contributed by atoms with E-state index < -0.39 is 12.7 Å². The molecule has 0 unspecified atom stereocenters. The van der Waals surface area contributed by atoms with Gasteiger partial charge in [-0.25, -0.2) is 0 Å². The second-order valence-electron chi connectivity index (χ2n) is 6.44. The number of aliphatic imine (C=N–C) groups is 1. The van der Waals surface area contributed by atoms with Gasteiger partial charge >= 0.3 is 6.18 Å². The average Bonchev–Trinajstić information content (AvgIpc) is 2.62. The van der Waals surface area contributed by atoms with Crippen LogP contribution in [0.15, 0.2) is 23.2 Å². The smallest absolute Gasteiger partial charge is 0.401 e. The third kappa shape index (κ3) is 10.8. The highest BCUT2D eigenvalue weighted by Gasteiger charge is 2.28. The van der Waals surface area contributed by atoms with Crippen LogP contribution in [0.2, 0.25) is 0 Å². The average molecular weight is 419 g/mol. The van der Waals surface area contributed by atoms with Gasteiger partial charge in [0.15, 0.2) is 17.5 Å². The summed E-state index contributed by atoms with van der Waals surface area (Å²) >= 11 is 0. The van der Waals surface area contributed by atoms with E-state index in [4.69, 9.17) is 9.47 Å². The number of alkyl halides is 3. The maximum atomic E-state index is 12.4. The van der Waals surface area contributed by atoms with Crippen LogP contribution < -0.4 is 20.1 Å². The molecule has 9 heteroatoms. The van der Waals surface area contributed by atoms with Gasteiger partial charge in [-0.3, -0.25) is 9.89 Å². The summed E-state index contributed by atoms with van der Waals surface area (Å²) in [4.78, 5) is 5.55. The molecular weight excluding hydrogens is 385 g/mol. The molecule has 1 aromatic carbocycles. The molecule has 0 saturated heterocycles. The fourth-order valence-electron chi connectivity index (χ4n) is 2.64. The van der Waals surface area contributed by atoms with Crippen LogP contribution in [0.4, 0.5) is 13.2 Å². The molecule has 0 amide bonds. The Labute approximate surface area is 171 Å². The van der Waals surface area contributed by atoms with Crippen molar-refractivity contribution in [3.05, 3.63) is 23.8 Å². The highest BCUT2D eigenvalue weighted by molar-refractivity contribution is 5.79. The van der Waals surface area contributed by atoms with E-state index in [1.54, 1.807) is 0 Å².